The highest BCUT2D eigenvalue weighted by Crippen LogP contribution is 2.19. The quantitative estimate of drug-likeness (QED) is 0.703. The molecule has 2 unspecified atom stereocenters. The molecule has 0 spiro atoms. The van der Waals surface area contributed by atoms with Crippen LogP contribution in [0.2, 0.25) is 0 Å². The molecule has 1 saturated carbocycles. The average molecular weight is 196 g/mol. The van der Waals surface area contributed by atoms with Crippen molar-refractivity contribution < 1.29 is 4.74 Å². The van der Waals surface area contributed by atoms with Gasteiger partial charge in [-0.05, 0) is 25.7 Å². The summed E-state index contributed by atoms with van der Waals surface area (Å²) in [5.74, 6) is 0.510. The van der Waals surface area contributed by atoms with Crippen molar-refractivity contribution in [3.05, 3.63) is 0 Å². The minimum absolute atomic E-state index is 0.135. The minimum Gasteiger partial charge on any atom is -0.376 e. The molecule has 0 aromatic heterocycles. The lowest BCUT2D eigenvalue weighted by atomic mass is 10.1. The lowest BCUT2D eigenvalue weighted by Gasteiger charge is -2.19. The summed E-state index contributed by atoms with van der Waals surface area (Å²) in [5, 5.41) is 12.1. The Morgan fingerprint density at radius 3 is 2.50 bits per heavy atom. The first-order valence-corrected chi connectivity index (χ1v) is 5.40. The second-order valence-corrected chi connectivity index (χ2v) is 4.41. The van der Waals surface area contributed by atoms with Crippen molar-refractivity contribution in [1.29, 1.82) is 5.26 Å². The Labute approximate surface area is 86.4 Å². The Balaban J connectivity index is 2.16. The van der Waals surface area contributed by atoms with Gasteiger partial charge in [0.25, 0.3) is 0 Å². The Morgan fingerprint density at radius 1 is 1.43 bits per heavy atom. The van der Waals surface area contributed by atoms with E-state index in [0.29, 0.717) is 18.6 Å². The van der Waals surface area contributed by atoms with Gasteiger partial charge >= 0.3 is 0 Å². The number of nitrogens with one attached hydrogen (secondary N) is 1. The molecule has 1 N–H and O–H groups in total. The molecule has 3 heteroatoms. The van der Waals surface area contributed by atoms with Crippen LogP contribution in [-0.4, -0.2) is 24.8 Å². The molecular formula is C11H20N2O. The van der Waals surface area contributed by atoms with Gasteiger partial charge in [0, 0.05) is 6.04 Å². The van der Waals surface area contributed by atoms with Crippen molar-refractivity contribution in [3.63, 3.8) is 0 Å². The average Bonchev–Trinajstić information content (AvgIpc) is 2.95. The number of hydrogen-bond donors (Lipinski definition) is 1. The van der Waals surface area contributed by atoms with Crippen LogP contribution in [0.25, 0.3) is 0 Å². The van der Waals surface area contributed by atoms with E-state index in [9.17, 15) is 0 Å². The van der Waals surface area contributed by atoms with E-state index in [2.05, 4.69) is 32.2 Å². The standard InChI is InChI=1S/C11H20N2O/c1-8(2)9(3)14-7-11(6-12)13-10-4-5-10/h8-11,13H,4-5,7H2,1-3H3. The summed E-state index contributed by atoms with van der Waals surface area (Å²) < 4.78 is 5.60. The van der Waals surface area contributed by atoms with Gasteiger partial charge < -0.3 is 4.74 Å². The third-order valence-corrected chi connectivity index (χ3v) is 2.63. The van der Waals surface area contributed by atoms with E-state index in [4.69, 9.17) is 10.00 Å². The Kier molecular flexibility index (Phi) is 4.37. The predicted molar refractivity (Wildman–Crippen MR) is 55.8 cm³/mol. The smallest absolute Gasteiger partial charge is 0.119 e. The van der Waals surface area contributed by atoms with Crippen LogP contribution < -0.4 is 5.32 Å². The van der Waals surface area contributed by atoms with Gasteiger partial charge in [0.1, 0.15) is 6.04 Å². The molecule has 0 radical (unpaired) electrons. The second-order valence-electron chi connectivity index (χ2n) is 4.41. The van der Waals surface area contributed by atoms with Crippen molar-refractivity contribution >= 4 is 0 Å². The number of hydrogen-bond acceptors (Lipinski definition) is 3. The third-order valence-electron chi connectivity index (χ3n) is 2.63. The number of nitrogens with zero attached hydrogens (tertiary/aromatic N) is 1. The Hall–Kier alpha value is -0.590. The zero-order valence-corrected chi connectivity index (χ0v) is 9.29. The molecule has 0 aromatic rings. The molecular weight excluding hydrogens is 176 g/mol. The van der Waals surface area contributed by atoms with Crippen LogP contribution in [0.15, 0.2) is 0 Å². The van der Waals surface area contributed by atoms with Gasteiger partial charge in [-0.25, -0.2) is 0 Å². The van der Waals surface area contributed by atoms with Crippen molar-refractivity contribution in [2.75, 3.05) is 6.61 Å². The normalized spacial score (nSPS) is 20.5. The van der Waals surface area contributed by atoms with Crippen LogP contribution in [0.5, 0.6) is 0 Å². The summed E-state index contributed by atoms with van der Waals surface area (Å²) in [4.78, 5) is 0. The minimum atomic E-state index is -0.135. The number of rotatable bonds is 6. The molecule has 1 rings (SSSR count). The van der Waals surface area contributed by atoms with Gasteiger partial charge in [-0.1, -0.05) is 13.8 Å². The zero-order chi connectivity index (χ0) is 10.6. The third kappa shape index (κ3) is 4.08. The first-order valence-electron chi connectivity index (χ1n) is 5.40. The Bertz CT molecular complexity index is 206. The first-order chi connectivity index (χ1) is 6.63. The Morgan fingerprint density at radius 2 is 2.07 bits per heavy atom. The number of ether oxygens (including phenoxy) is 1. The summed E-state index contributed by atoms with van der Waals surface area (Å²) >= 11 is 0. The van der Waals surface area contributed by atoms with Crippen LogP contribution in [0.4, 0.5) is 0 Å². The summed E-state index contributed by atoms with van der Waals surface area (Å²) in [5.41, 5.74) is 0. The van der Waals surface area contributed by atoms with E-state index in [1.165, 1.54) is 12.8 Å². The molecule has 0 amide bonds. The SMILES string of the molecule is CC(C)C(C)OCC(C#N)NC1CC1. The van der Waals surface area contributed by atoms with E-state index < -0.39 is 0 Å². The monoisotopic (exact) mass is 196 g/mol. The summed E-state index contributed by atoms with van der Waals surface area (Å²) in [6, 6.07) is 2.66. The highest BCUT2D eigenvalue weighted by atomic mass is 16.5. The predicted octanol–water partition coefficient (Wildman–Crippen LogP) is 1.69. The maximum absolute atomic E-state index is 8.86. The molecule has 0 bridgehead atoms. The van der Waals surface area contributed by atoms with Gasteiger partial charge in [-0.2, -0.15) is 5.26 Å². The van der Waals surface area contributed by atoms with E-state index in [0.717, 1.165) is 0 Å². The first kappa shape index (κ1) is 11.5. The highest BCUT2D eigenvalue weighted by Gasteiger charge is 2.24. The topological polar surface area (TPSA) is 45.0 Å². The van der Waals surface area contributed by atoms with E-state index >= 15 is 0 Å². The largest absolute Gasteiger partial charge is 0.376 e. The summed E-state index contributed by atoms with van der Waals surface area (Å²) in [6.07, 6.45) is 2.64. The number of nitriles is 1. The maximum atomic E-state index is 8.86. The molecule has 80 valence electrons. The van der Waals surface area contributed by atoms with Crippen LogP contribution in [-0.2, 0) is 4.74 Å². The van der Waals surface area contributed by atoms with Crippen LogP contribution in [0.3, 0.4) is 0 Å². The molecule has 0 aliphatic heterocycles. The van der Waals surface area contributed by atoms with E-state index in [1.807, 2.05) is 0 Å². The highest BCUT2D eigenvalue weighted by molar-refractivity contribution is 4.95. The molecule has 1 aliphatic rings. The zero-order valence-electron chi connectivity index (χ0n) is 9.29. The maximum Gasteiger partial charge on any atom is 0.119 e. The second kappa shape index (κ2) is 5.33. The molecule has 2 atom stereocenters. The van der Waals surface area contributed by atoms with Crippen molar-refractivity contribution in [1.82, 2.24) is 5.32 Å². The fraction of sp³-hybridized carbons (Fsp3) is 0.909. The van der Waals surface area contributed by atoms with Crippen LogP contribution >= 0.6 is 0 Å². The molecule has 14 heavy (non-hydrogen) atoms. The summed E-state index contributed by atoms with van der Waals surface area (Å²) in [6.45, 7) is 6.81. The fourth-order valence-corrected chi connectivity index (χ4v) is 1.10. The molecule has 3 nitrogen and oxygen atoms in total. The van der Waals surface area contributed by atoms with E-state index in [1.54, 1.807) is 0 Å². The van der Waals surface area contributed by atoms with Gasteiger partial charge in [-0.3, -0.25) is 5.32 Å². The summed E-state index contributed by atoms with van der Waals surface area (Å²) in [7, 11) is 0. The lowest BCUT2D eigenvalue weighted by molar-refractivity contribution is 0.0291. The lowest BCUT2D eigenvalue weighted by Crippen LogP contribution is -2.35. The van der Waals surface area contributed by atoms with Gasteiger partial charge in [0.15, 0.2) is 0 Å². The molecule has 1 aliphatic carbocycles. The van der Waals surface area contributed by atoms with Crippen molar-refractivity contribution in [2.24, 2.45) is 5.92 Å². The van der Waals surface area contributed by atoms with Crippen LogP contribution in [0.1, 0.15) is 33.6 Å². The molecule has 0 heterocycles. The fourth-order valence-electron chi connectivity index (χ4n) is 1.10. The van der Waals surface area contributed by atoms with Crippen LogP contribution in [0, 0.1) is 17.2 Å². The van der Waals surface area contributed by atoms with Gasteiger partial charge in [-0.15, -0.1) is 0 Å². The van der Waals surface area contributed by atoms with Crippen molar-refractivity contribution in [2.45, 2.75) is 51.8 Å². The van der Waals surface area contributed by atoms with Crippen molar-refractivity contribution in [3.8, 4) is 6.07 Å². The van der Waals surface area contributed by atoms with E-state index in [-0.39, 0.29) is 12.1 Å². The molecule has 0 saturated heterocycles. The molecule has 1 fully saturated rings. The molecule has 0 aromatic carbocycles. The van der Waals surface area contributed by atoms with Gasteiger partial charge in [0.05, 0.1) is 18.8 Å². The van der Waals surface area contributed by atoms with Gasteiger partial charge in [0.2, 0.25) is 0 Å².